The smallest absolute Gasteiger partial charge is 0.191 e. The summed E-state index contributed by atoms with van der Waals surface area (Å²) in [5.74, 6) is 0.505. The van der Waals surface area contributed by atoms with Gasteiger partial charge < -0.3 is 15.7 Å². The highest BCUT2D eigenvalue weighted by molar-refractivity contribution is 14.0. The quantitative estimate of drug-likeness (QED) is 0.366. The van der Waals surface area contributed by atoms with E-state index in [1.807, 2.05) is 13.0 Å². The second-order valence-corrected chi connectivity index (χ2v) is 5.89. The molecule has 1 aromatic carbocycles. The van der Waals surface area contributed by atoms with Crippen molar-refractivity contribution in [2.75, 3.05) is 19.6 Å². The zero-order valence-electron chi connectivity index (χ0n) is 13.6. The molecular formula is C17H27FIN3O. The van der Waals surface area contributed by atoms with E-state index in [2.05, 4.69) is 15.6 Å². The summed E-state index contributed by atoms with van der Waals surface area (Å²) in [5, 5.41) is 16.7. The van der Waals surface area contributed by atoms with E-state index in [9.17, 15) is 9.50 Å². The van der Waals surface area contributed by atoms with Gasteiger partial charge in [-0.05, 0) is 37.8 Å². The molecule has 1 saturated carbocycles. The summed E-state index contributed by atoms with van der Waals surface area (Å²) in [6, 6.07) is 6.81. The Labute approximate surface area is 155 Å². The summed E-state index contributed by atoms with van der Waals surface area (Å²) >= 11 is 0. The Kier molecular flexibility index (Phi) is 8.83. The Balaban J connectivity index is 0.00000264. The summed E-state index contributed by atoms with van der Waals surface area (Å²) in [6.07, 6.45) is 4.39. The third-order valence-corrected chi connectivity index (χ3v) is 4.05. The number of nitrogens with one attached hydrogen (secondary N) is 2. The van der Waals surface area contributed by atoms with Crippen LogP contribution >= 0.6 is 24.0 Å². The number of nitrogens with zero attached hydrogens (tertiary/aromatic N) is 1. The molecule has 0 aliphatic heterocycles. The van der Waals surface area contributed by atoms with Crippen molar-refractivity contribution in [1.29, 1.82) is 0 Å². The highest BCUT2D eigenvalue weighted by atomic mass is 127. The van der Waals surface area contributed by atoms with Gasteiger partial charge in [0.05, 0.1) is 12.1 Å². The predicted octanol–water partition coefficient (Wildman–Crippen LogP) is 2.85. The van der Waals surface area contributed by atoms with Gasteiger partial charge in [0.2, 0.25) is 0 Å². The van der Waals surface area contributed by atoms with Crippen molar-refractivity contribution < 1.29 is 9.50 Å². The molecule has 2 rings (SSSR count). The van der Waals surface area contributed by atoms with Gasteiger partial charge >= 0.3 is 0 Å². The van der Waals surface area contributed by atoms with Crippen LogP contribution in [0.3, 0.4) is 0 Å². The molecular weight excluding hydrogens is 408 g/mol. The lowest BCUT2D eigenvalue weighted by Crippen LogP contribution is -2.40. The third-order valence-electron chi connectivity index (χ3n) is 4.05. The highest BCUT2D eigenvalue weighted by Gasteiger charge is 2.30. The zero-order chi connectivity index (χ0) is 15.8. The molecule has 6 heteroatoms. The summed E-state index contributed by atoms with van der Waals surface area (Å²) in [7, 11) is 0. The van der Waals surface area contributed by atoms with Crippen LogP contribution in [0.2, 0.25) is 0 Å². The van der Waals surface area contributed by atoms with E-state index < -0.39 is 5.60 Å². The zero-order valence-corrected chi connectivity index (χ0v) is 16.0. The van der Waals surface area contributed by atoms with Crippen LogP contribution in [-0.4, -0.2) is 36.3 Å². The van der Waals surface area contributed by atoms with E-state index in [0.717, 1.165) is 32.2 Å². The largest absolute Gasteiger partial charge is 0.388 e. The Hall–Kier alpha value is -0.890. The number of hydrogen-bond donors (Lipinski definition) is 3. The van der Waals surface area contributed by atoms with Gasteiger partial charge in [-0.25, -0.2) is 4.39 Å². The molecule has 1 aromatic rings. The Bertz CT molecular complexity index is 504. The number of halogens is 2. The molecule has 0 saturated heterocycles. The van der Waals surface area contributed by atoms with Gasteiger partial charge in [0.25, 0.3) is 0 Å². The van der Waals surface area contributed by atoms with Gasteiger partial charge in [-0.1, -0.05) is 31.0 Å². The Morgan fingerprint density at radius 2 is 1.96 bits per heavy atom. The fraction of sp³-hybridized carbons (Fsp3) is 0.588. The van der Waals surface area contributed by atoms with Crippen molar-refractivity contribution in [3.8, 4) is 0 Å². The van der Waals surface area contributed by atoms with Crippen LogP contribution in [0.25, 0.3) is 0 Å². The molecule has 3 N–H and O–H groups in total. The number of aliphatic imine (C=N–C) groups is 1. The fourth-order valence-electron chi connectivity index (χ4n) is 2.78. The average Bonchev–Trinajstić information content (AvgIpc) is 2.94. The minimum atomic E-state index is -0.645. The molecule has 0 bridgehead atoms. The predicted molar refractivity (Wildman–Crippen MR) is 103 cm³/mol. The van der Waals surface area contributed by atoms with Gasteiger partial charge in [0, 0.05) is 13.1 Å². The average molecular weight is 435 g/mol. The van der Waals surface area contributed by atoms with E-state index in [0.29, 0.717) is 31.0 Å². The van der Waals surface area contributed by atoms with Gasteiger partial charge in [0.1, 0.15) is 5.82 Å². The van der Waals surface area contributed by atoms with Crippen molar-refractivity contribution in [3.63, 3.8) is 0 Å². The first-order valence-electron chi connectivity index (χ1n) is 8.11. The minimum absolute atomic E-state index is 0. The standard InChI is InChI=1S/C17H26FN3O.HI/c1-2-19-16(21-13-17(22)10-5-6-11-17)20-12-9-14-7-3-4-8-15(14)18;/h3-4,7-8,22H,2,5-6,9-13H2,1H3,(H2,19,20,21);1H. The molecule has 0 atom stereocenters. The minimum Gasteiger partial charge on any atom is -0.388 e. The molecule has 23 heavy (non-hydrogen) atoms. The molecule has 0 radical (unpaired) electrons. The summed E-state index contributed by atoms with van der Waals surface area (Å²) < 4.78 is 13.6. The van der Waals surface area contributed by atoms with Crippen LogP contribution in [0.5, 0.6) is 0 Å². The normalized spacial score (nSPS) is 16.7. The lowest BCUT2D eigenvalue weighted by atomic mass is 10.0. The van der Waals surface area contributed by atoms with E-state index in [-0.39, 0.29) is 29.8 Å². The first kappa shape index (κ1) is 20.2. The van der Waals surface area contributed by atoms with Gasteiger partial charge in [-0.3, -0.25) is 4.99 Å². The van der Waals surface area contributed by atoms with Crippen LogP contribution in [0.15, 0.2) is 29.3 Å². The maximum atomic E-state index is 13.6. The number of benzene rings is 1. The molecule has 1 aliphatic carbocycles. The molecule has 130 valence electrons. The maximum absolute atomic E-state index is 13.6. The van der Waals surface area contributed by atoms with Crippen LogP contribution in [0.4, 0.5) is 4.39 Å². The van der Waals surface area contributed by atoms with Crippen molar-refractivity contribution in [1.82, 2.24) is 10.6 Å². The second-order valence-electron chi connectivity index (χ2n) is 5.89. The Morgan fingerprint density at radius 3 is 2.61 bits per heavy atom. The van der Waals surface area contributed by atoms with E-state index in [4.69, 9.17) is 0 Å². The number of aliphatic hydroxyl groups is 1. The third kappa shape index (κ3) is 6.63. The molecule has 0 aromatic heterocycles. The highest BCUT2D eigenvalue weighted by Crippen LogP contribution is 2.29. The van der Waals surface area contributed by atoms with Crippen molar-refractivity contribution in [2.45, 2.75) is 44.6 Å². The number of guanidine groups is 1. The maximum Gasteiger partial charge on any atom is 0.191 e. The van der Waals surface area contributed by atoms with Crippen molar-refractivity contribution in [3.05, 3.63) is 35.6 Å². The number of rotatable bonds is 6. The lowest BCUT2D eigenvalue weighted by molar-refractivity contribution is 0.0574. The SMILES string of the molecule is CCNC(=NCC1(O)CCCC1)NCCc1ccccc1F.I. The summed E-state index contributed by atoms with van der Waals surface area (Å²) in [5.41, 5.74) is 0.0497. The summed E-state index contributed by atoms with van der Waals surface area (Å²) in [4.78, 5) is 4.47. The number of hydrogen-bond acceptors (Lipinski definition) is 2. The van der Waals surface area contributed by atoms with Crippen LogP contribution in [-0.2, 0) is 6.42 Å². The first-order chi connectivity index (χ1) is 10.6. The molecule has 0 unspecified atom stereocenters. The Morgan fingerprint density at radius 1 is 1.26 bits per heavy atom. The van der Waals surface area contributed by atoms with Crippen molar-refractivity contribution >= 4 is 29.9 Å². The molecule has 4 nitrogen and oxygen atoms in total. The molecule has 1 fully saturated rings. The van der Waals surface area contributed by atoms with Gasteiger partial charge in [-0.15, -0.1) is 24.0 Å². The second kappa shape index (κ2) is 10.1. The first-order valence-corrected chi connectivity index (χ1v) is 8.11. The fourth-order valence-corrected chi connectivity index (χ4v) is 2.78. The lowest BCUT2D eigenvalue weighted by Gasteiger charge is -2.20. The molecule has 1 aliphatic rings. The van der Waals surface area contributed by atoms with Crippen LogP contribution < -0.4 is 10.6 Å². The molecule has 0 heterocycles. The van der Waals surface area contributed by atoms with Gasteiger partial charge in [-0.2, -0.15) is 0 Å². The van der Waals surface area contributed by atoms with Crippen LogP contribution in [0.1, 0.15) is 38.2 Å². The molecule has 0 spiro atoms. The summed E-state index contributed by atoms with van der Waals surface area (Å²) in [6.45, 7) is 3.77. The molecule has 0 amide bonds. The van der Waals surface area contributed by atoms with E-state index >= 15 is 0 Å². The topological polar surface area (TPSA) is 56.7 Å². The monoisotopic (exact) mass is 435 g/mol. The van der Waals surface area contributed by atoms with E-state index in [1.165, 1.54) is 6.07 Å². The van der Waals surface area contributed by atoms with Crippen LogP contribution in [0, 0.1) is 5.82 Å². The van der Waals surface area contributed by atoms with E-state index in [1.54, 1.807) is 12.1 Å². The van der Waals surface area contributed by atoms with Crippen molar-refractivity contribution in [2.24, 2.45) is 4.99 Å². The van der Waals surface area contributed by atoms with Gasteiger partial charge in [0.15, 0.2) is 5.96 Å².